The van der Waals surface area contributed by atoms with Gasteiger partial charge in [0.25, 0.3) is 0 Å². The molecule has 94 valence electrons. The van der Waals surface area contributed by atoms with Gasteiger partial charge in [-0.1, -0.05) is 30.3 Å². The van der Waals surface area contributed by atoms with E-state index in [1.807, 2.05) is 30.3 Å². The van der Waals surface area contributed by atoms with Crippen LogP contribution in [0.3, 0.4) is 0 Å². The minimum atomic E-state index is -0.889. The lowest BCUT2D eigenvalue weighted by Crippen LogP contribution is -2.43. The Balaban J connectivity index is 2.34. The van der Waals surface area contributed by atoms with Gasteiger partial charge in [-0.2, -0.15) is 0 Å². The van der Waals surface area contributed by atoms with Gasteiger partial charge in [0.2, 0.25) is 5.91 Å². The molecule has 0 aliphatic rings. The van der Waals surface area contributed by atoms with Gasteiger partial charge in [0.05, 0.1) is 6.04 Å². The molecular formula is C12H18N2O2S. The number of carbonyl (C=O) groups excluding carboxylic acids is 1. The van der Waals surface area contributed by atoms with E-state index < -0.39 is 16.8 Å². The number of hydrogen-bond donors (Lipinski definition) is 2. The van der Waals surface area contributed by atoms with Crippen molar-refractivity contribution < 1.29 is 9.00 Å². The van der Waals surface area contributed by atoms with Crippen molar-refractivity contribution in [3.8, 4) is 0 Å². The van der Waals surface area contributed by atoms with Crippen LogP contribution >= 0.6 is 0 Å². The Morgan fingerprint density at radius 2 is 2.06 bits per heavy atom. The van der Waals surface area contributed by atoms with E-state index in [1.54, 1.807) is 6.26 Å². The van der Waals surface area contributed by atoms with E-state index in [-0.39, 0.29) is 5.91 Å². The van der Waals surface area contributed by atoms with Crippen LogP contribution in [0, 0.1) is 0 Å². The quantitative estimate of drug-likeness (QED) is 0.753. The molecule has 0 bridgehead atoms. The zero-order valence-electron chi connectivity index (χ0n) is 9.89. The first-order valence-electron chi connectivity index (χ1n) is 5.47. The molecule has 0 radical (unpaired) electrons. The third-order valence-corrected chi connectivity index (χ3v) is 3.10. The molecule has 0 spiro atoms. The predicted molar refractivity (Wildman–Crippen MR) is 70.1 cm³/mol. The van der Waals surface area contributed by atoms with Crippen LogP contribution in [-0.4, -0.2) is 34.7 Å². The fraction of sp³-hybridized carbons (Fsp3) is 0.417. The molecule has 2 atom stereocenters. The molecule has 0 aliphatic carbocycles. The van der Waals surface area contributed by atoms with Gasteiger partial charge in [-0.15, -0.1) is 0 Å². The smallest absolute Gasteiger partial charge is 0.237 e. The first-order valence-corrected chi connectivity index (χ1v) is 7.19. The van der Waals surface area contributed by atoms with E-state index in [4.69, 9.17) is 5.73 Å². The maximum atomic E-state index is 11.6. The van der Waals surface area contributed by atoms with E-state index in [9.17, 15) is 9.00 Å². The van der Waals surface area contributed by atoms with Crippen molar-refractivity contribution in [2.75, 3.05) is 18.6 Å². The Kier molecular flexibility index (Phi) is 5.86. The van der Waals surface area contributed by atoms with Crippen LogP contribution in [0.25, 0.3) is 0 Å². The molecule has 1 rings (SSSR count). The van der Waals surface area contributed by atoms with Gasteiger partial charge in [0.15, 0.2) is 0 Å². The third kappa shape index (κ3) is 5.60. The summed E-state index contributed by atoms with van der Waals surface area (Å²) in [5, 5.41) is 2.68. The van der Waals surface area contributed by atoms with Gasteiger partial charge < -0.3 is 11.1 Å². The maximum absolute atomic E-state index is 11.6. The second kappa shape index (κ2) is 7.19. The summed E-state index contributed by atoms with van der Waals surface area (Å²) in [5.74, 6) is 0.267. The molecule has 0 saturated carbocycles. The number of benzene rings is 1. The van der Waals surface area contributed by atoms with Gasteiger partial charge in [0.1, 0.15) is 0 Å². The first kappa shape index (κ1) is 13.9. The van der Waals surface area contributed by atoms with Crippen molar-refractivity contribution in [3.63, 3.8) is 0 Å². The van der Waals surface area contributed by atoms with E-state index in [1.165, 1.54) is 0 Å². The van der Waals surface area contributed by atoms with Gasteiger partial charge in [-0.3, -0.25) is 9.00 Å². The molecule has 0 aliphatic heterocycles. The minimum absolute atomic E-state index is 0.195. The lowest BCUT2D eigenvalue weighted by Gasteiger charge is -2.11. The number of amides is 1. The van der Waals surface area contributed by atoms with E-state index in [0.29, 0.717) is 18.7 Å². The summed E-state index contributed by atoms with van der Waals surface area (Å²) < 4.78 is 10.8. The summed E-state index contributed by atoms with van der Waals surface area (Å²) in [6.07, 6.45) is 2.12. The summed E-state index contributed by atoms with van der Waals surface area (Å²) in [7, 11) is -0.889. The SMILES string of the molecule is CS(=O)CCNC(=O)[C@H](N)Cc1ccccc1. The molecule has 4 nitrogen and oxygen atoms in total. The fourth-order valence-corrected chi connectivity index (χ4v) is 1.80. The van der Waals surface area contributed by atoms with Crippen LogP contribution < -0.4 is 11.1 Å². The Morgan fingerprint density at radius 1 is 1.41 bits per heavy atom. The van der Waals surface area contributed by atoms with Crippen LogP contribution in [0.1, 0.15) is 5.56 Å². The number of carbonyl (C=O) groups is 1. The molecule has 5 heteroatoms. The number of rotatable bonds is 6. The average molecular weight is 254 g/mol. The minimum Gasteiger partial charge on any atom is -0.354 e. The zero-order valence-corrected chi connectivity index (χ0v) is 10.7. The second-order valence-electron chi connectivity index (χ2n) is 3.86. The lowest BCUT2D eigenvalue weighted by atomic mass is 10.1. The van der Waals surface area contributed by atoms with Crippen LogP contribution in [0.4, 0.5) is 0 Å². The van der Waals surface area contributed by atoms with Crippen LogP contribution in [-0.2, 0) is 22.0 Å². The summed E-state index contributed by atoms with van der Waals surface area (Å²) >= 11 is 0. The molecule has 3 N–H and O–H groups in total. The van der Waals surface area contributed by atoms with E-state index >= 15 is 0 Å². The first-order chi connectivity index (χ1) is 8.09. The Morgan fingerprint density at radius 3 is 2.65 bits per heavy atom. The van der Waals surface area contributed by atoms with Crippen molar-refractivity contribution in [2.45, 2.75) is 12.5 Å². The highest BCUT2D eigenvalue weighted by Crippen LogP contribution is 2.01. The number of nitrogens with two attached hydrogens (primary N) is 1. The van der Waals surface area contributed by atoms with E-state index in [2.05, 4.69) is 5.32 Å². The van der Waals surface area contributed by atoms with E-state index in [0.717, 1.165) is 5.56 Å². The summed E-state index contributed by atoms with van der Waals surface area (Å²) in [6.45, 7) is 0.407. The van der Waals surface area contributed by atoms with Crippen molar-refractivity contribution >= 4 is 16.7 Å². The second-order valence-corrected chi connectivity index (χ2v) is 5.42. The standard InChI is InChI=1S/C12H18N2O2S/c1-17(16)8-7-14-12(15)11(13)9-10-5-3-2-4-6-10/h2-6,11H,7-9,13H2,1H3,(H,14,15)/t11-,17?/m1/s1. The van der Waals surface area contributed by atoms with Gasteiger partial charge in [-0.25, -0.2) is 0 Å². The lowest BCUT2D eigenvalue weighted by molar-refractivity contribution is -0.122. The number of hydrogen-bond acceptors (Lipinski definition) is 3. The molecule has 1 aromatic rings. The molecule has 0 saturated heterocycles. The Hall–Kier alpha value is -1.20. The zero-order chi connectivity index (χ0) is 12.7. The van der Waals surface area contributed by atoms with Gasteiger partial charge >= 0.3 is 0 Å². The topological polar surface area (TPSA) is 72.2 Å². The van der Waals surface area contributed by atoms with Gasteiger partial charge in [-0.05, 0) is 12.0 Å². The molecule has 1 aromatic carbocycles. The largest absolute Gasteiger partial charge is 0.354 e. The highest BCUT2D eigenvalue weighted by Gasteiger charge is 2.13. The van der Waals surface area contributed by atoms with Crippen molar-refractivity contribution in [3.05, 3.63) is 35.9 Å². The fourth-order valence-electron chi connectivity index (χ4n) is 1.41. The van der Waals surface area contributed by atoms with Crippen molar-refractivity contribution in [1.82, 2.24) is 5.32 Å². The monoisotopic (exact) mass is 254 g/mol. The summed E-state index contributed by atoms with van der Waals surface area (Å²) in [6, 6.07) is 9.08. The molecule has 17 heavy (non-hydrogen) atoms. The van der Waals surface area contributed by atoms with Crippen molar-refractivity contribution in [1.29, 1.82) is 0 Å². The molecular weight excluding hydrogens is 236 g/mol. The molecule has 1 unspecified atom stereocenters. The summed E-state index contributed by atoms with van der Waals surface area (Å²) in [4.78, 5) is 11.6. The highest BCUT2D eigenvalue weighted by atomic mass is 32.2. The Bertz CT molecular complexity index is 381. The average Bonchev–Trinajstić information content (AvgIpc) is 2.29. The normalized spacial score (nSPS) is 14.0. The van der Waals surface area contributed by atoms with Crippen molar-refractivity contribution in [2.24, 2.45) is 5.73 Å². The molecule has 0 fully saturated rings. The van der Waals surface area contributed by atoms with Crippen LogP contribution in [0.5, 0.6) is 0 Å². The van der Waals surface area contributed by atoms with Crippen LogP contribution in [0.2, 0.25) is 0 Å². The molecule has 0 aromatic heterocycles. The van der Waals surface area contributed by atoms with Crippen LogP contribution in [0.15, 0.2) is 30.3 Å². The third-order valence-electron chi connectivity index (χ3n) is 2.32. The van der Waals surface area contributed by atoms with Gasteiger partial charge in [0, 0.05) is 29.4 Å². The molecule has 0 heterocycles. The summed E-state index contributed by atoms with van der Waals surface area (Å²) in [5.41, 5.74) is 6.81. The maximum Gasteiger partial charge on any atom is 0.237 e. The Labute approximate surface area is 104 Å². The predicted octanol–water partition coefficient (Wildman–Crippen LogP) is 0.0511. The highest BCUT2D eigenvalue weighted by molar-refractivity contribution is 7.84. The number of nitrogens with one attached hydrogen (secondary N) is 1. The molecule has 1 amide bonds.